The van der Waals surface area contributed by atoms with Crippen molar-refractivity contribution in [2.45, 2.75) is 13.3 Å². The van der Waals surface area contributed by atoms with E-state index in [9.17, 15) is 0 Å². The van der Waals surface area contributed by atoms with Gasteiger partial charge in [-0.15, -0.1) is 0 Å². The molecular formula is C16H30O6. The zero-order valence-corrected chi connectivity index (χ0v) is 13.7. The van der Waals surface area contributed by atoms with E-state index in [1.165, 1.54) is 6.26 Å². The fraction of sp³-hybridized carbons (Fsp3) is 0.875. The van der Waals surface area contributed by atoms with Gasteiger partial charge in [-0.05, 0) is 6.42 Å². The summed E-state index contributed by atoms with van der Waals surface area (Å²) >= 11 is 0. The fourth-order valence-corrected chi connectivity index (χ4v) is 1.92. The molecule has 0 bridgehead atoms. The van der Waals surface area contributed by atoms with E-state index in [-0.39, 0.29) is 5.41 Å². The zero-order chi connectivity index (χ0) is 15.9. The van der Waals surface area contributed by atoms with E-state index in [0.717, 1.165) is 26.2 Å². The molecule has 0 spiro atoms. The van der Waals surface area contributed by atoms with Crippen molar-refractivity contribution in [3.8, 4) is 0 Å². The predicted molar refractivity (Wildman–Crippen MR) is 83.0 cm³/mol. The molecule has 6 nitrogen and oxygen atoms in total. The summed E-state index contributed by atoms with van der Waals surface area (Å²) < 4.78 is 31.9. The molecule has 0 radical (unpaired) electrons. The van der Waals surface area contributed by atoms with Crippen LogP contribution in [0.15, 0.2) is 12.8 Å². The Labute approximate surface area is 133 Å². The van der Waals surface area contributed by atoms with Crippen molar-refractivity contribution in [3.05, 3.63) is 12.8 Å². The number of hydrogen-bond acceptors (Lipinski definition) is 6. The van der Waals surface area contributed by atoms with Crippen molar-refractivity contribution >= 4 is 0 Å². The normalized spacial score (nSPS) is 16.2. The van der Waals surface area contributed by atoms with Gasteiger partial charge in [0, 0.05) is 5.41 Å². The van der Waals surface area contributed by atoms with Crippen LogP contribution < -0.4 is 0 Å². The topological polar surface area (TPSA) is 55.4 Å². The molecule has 6 heteroatoms. The molecule has 1 aliphatic rings. The average molecular weight is 318 g/mol. The molecule has 130 valence electrons. The predicted octanol–water partition coefficient (Wildman–Crippen LogP) is 1.64. The van der Waals surface area contributed by atoms with E-state index in [1.54, 1.807) is 0 Å². The van der Waals surface area contributed by atoms with Crippen LogP contribution in [0.25, 0.3) is 0 Å². The van der Waals surface area contributed by atoms with Crippen LogP contribution in [0.2, 0.25) is 0 Å². The highest BCUT2D eigenvalue weighted by atomic mass is 16.6. The first-order valence-electron chi connectivity index (χ1n) is 7.94. The van der Waals surface area contributed by atoms with Gasteiger partial charge >= 0.3 is 0 Å². The van der Waals surface area contributed by atoms with Crippen molar-refractivity contribution < 1.29 is 28.4 Å². The maximum atomic E-state index is 5.64. The molecule has 0 atom stereocenters. The first kappa shape index (κ1) is 19.4. The van der Waals surface area contributed by atoms with Crippen molar-refractivity contribution in [3.63, 3.8) is 0 Å². The van der Waals surface area contributed by atoms with Crippen LogP contribution >= 0.6 is 0 Å². The highest BCUT2D eigenvalue weighted by Gasteiger charge is 2.36. The Kier molecular flexibility index (Phi) is 11.3. The summed E-state index contributed by atoms with van der Waals surface area (Å²) in [5.74, 6) is 0. The number of hydrogen-bond donors (Lipinski definition) is 0. The summed E-state index contributed by atoms with van der Waals surface area (Å²) in [6.45, 7) is 12.6. The molecule has 1 saturated heterocycles. The molecule has 1 fully saturated rings. The molecule has 0 aromatic heterocycles. The van der Waals surface area contributed by atoms with Gasteiger partial charge in [-0.1, -0.05) is 13.5 Å². The maximum absolute atomic E-state index is 5.64. The molecule has 0 N–H and O–H groups in total. The van der Waals surface area contributed by atoms with E-state index in [4.69, 9.17) is 28.4 Å². The van der Waals surface area contributed by atoms with Crippen molar-refractivity contribution in [2.75, 3.05) is 72.7 Å². The Bertz CT molecular complexity index is 262. The maximum Gasteiger partial charge on any atom is 0.111 e. The van der Waals surface area contributed by atoms with Crippen LogP contribution in [0.3, 0.4) is 0 Å². The standard InChI is InChI=1S/C16H30O6/c1-3-16(14-22-15-16)13-21-12-11-20-10-9-19-8-7-18-6-5-17-4-2/h4H,2-3,5-15H2,1H3. The molecule has 0 aromatic carbocycles. The second-order valence-electron chi connectivity index (χ2n) is 5.27. The van der Waals surface area contributed by atoms with Crippen LogP contribution in [0, 0.1) is 5.41 Å². The number of ether oxygens (including phenoxy) is 6. The number of rotatable bonds is 16. The van der Waals surface area contributed by atoms with Gasteiger partial charge in [-0.3, -0.25) is 0 Å². The molecule has 0 amide bonds. The Morgan fingerprint density at radius 3 is 1.77 bits per heavy atom. The van der Waals surface area contributed by atoms with Crippen LogP contribution in [0.5, 0.6) is 0 Å². The minimum atomic E-state index is 0.250. The summed E-state index contributed by atoms with van der Waals surface area (Å²) in [7, 11) is 0. The van der Waals surface area contributed by atoms with Gasteiger partial charge in [0.15, 0.2) is 0 Å². The summed E-state index contributed by atoms with van der Waals surface area (Å²) in [6, 6.07) is 0. The monoisotopic (exact) mass is 318 g/mol. The third-order valence-electron chi connectivity index (χ3n) is 3.55. The van der Waals surface area contributed by atoms with Crippen molar-refractivity contribution in [1.82, 2.24) is 0 Å². The molecule has 1 aliphatic heterocycles. The lowest BCUT2D eigenvalue weighted by Crippen LogP contribution is -2.45. The highest BCUT2D eigenvalue weighted by Crippen LogP contribution is 2.31. The van der Waals surface area contributed by atoms with E-state index < -0.39 is 0 Å². The third kappa shape index (κ3) is 8.70. The van der Waals surface area contributed by atoms with Gasteiger partial charge in [0.2, 0.25) is 0 Å². The van der Waals surface area contributed by atoms with Crippen LogP contribution in [-0.2, 0) is 28.4 Å². The third-order valence-corrected chi connectivity index (χ3v) is 3.55. The Morgan fingerprint density at radius 1 is 0.864 bits per heavy atom. The molecule has 0 unspecified atom stereocenters. The molecule has 0 aliphatic carbocycles. The fourth-order valence-electron chi connectivity index (χ4n) is 1.92. The smallest absolute Gasteiger partial charge is 0.111 e. The molecular weight excluding hydrogens is 288 g/mol. The van der Waals surface area contributed by atoms with Gasteiger partial charge in [0.05, 0.1) is 72.3 Å². The SMILES string of the molecule is C=COCCOCCOCCOCCOCC1(CC)COC1. The molecule has 0 aromatic rings. The van der Waals surface area contributed by atoms with Gasteiger partial charge < -0.3 is 28.4 Å². The minimum absolute atomic E-state index is 0.250. The first-order valence-corrected chi connectivity index (χ1v) is 7.94. The second-order valence-corrected chi connectivity index (χ2v) is 5.27. The average Bonchev–Trinajstić information content (AvgIpc) is 2.50. The summed E-state index contributed by atoms with van der Waals surface area (Å²) in [5, 5.41) is 0. The van der Waals surface area contributed by atoms with Gasteiger partial charge in [-0.2, -0.15) is 0 Å². The van der Waals surface area contributed by atoms with Gasteiger partial charge in [0.25, 0.3) is 0 Å². The molecule has 1 rings (SSSR count). The van der Waals surface area contributed by atoms with E-state index >= 15 is 0 Å². The summed E-state index contributed by atoms with van der Waals surface area (Å²) in [4.78, 5) is 0. The Morgan fingerprint density at radius 2 is 1.36 bits per heavy atom. The lowest BCUT2D eigenvalue weighted by molar-refractivity contribution is -0.153. The lowest BCUT2D eigenvalue weighted by Gasteiger charge is -2.40. The second kappa shape index (κ2) is 12.8. The van der Waals surface area contributed by atoms with Crippen LogP contribution in [0.1, 0.15) is 13.3 Å². The van der Waals surface area contributed by atoms with Gasteiger partial charge in [-0.25, -0.2) is 0 Å². The van der Waals surface area contributed by atoms with Crippen molar-refractivity contribution in [2.24, 2.45) is 5.41 Å². The summed E-state index contributed by atoms with van der Waals surface area (Å²) in [5.41, 5.74) is 0.250. The quantitative estimate of drug-likeness (QED) is 0.318. The van der Waals surface area contributed by atoms with Crippen LogP contribution in [-0.4, -0.2) is 72.7 Å². The van der Waals surface area contributed by atoms with E-state index in [1.807, 2.05) is 0 Å². The van der Waals surface area contributed by atoms with Gasteiger partial charge in [0.1, 0.15) is 6.61 Å². The Balaban J connectivity index is 1.72. The minimum Gasteiger partial charge on any atom is -0.499 e. The van der Waals surface area contributed by atoms with Crippen molar-refractivity contribution in [1.29, 1.82) is 0 Å². The van der Waals surface area contributed by atoms with E-state index in [2.05, 4.69) is 13.5 Å². The largest absolute Gasteiger partial charge is 0.499 e. The first-order chi connectivity index (χ1) is 10.8. The zero-order valence-electron chi connectivity index (χ0n) is 13.7. The summed E-state index contributed by atoms with van der Waals surface area (Å²) in [6.07, 6.45) is 2.51. The molecule has 1 heterocycles. The molecule has 22 heavy (non-hydrogen) atoms. The lowest BCUT2D eigenvalue weighted by atomic mass is 9.84. The Hall–Kier alpha value is -0.660. The van der Waals surface area contributed by atoms with E-state index in [0.29, 0.717) is 52.9 Å². The van der Waals surface area contributed by atoms with Crippen LogP contribution in [0.4, 0.5) is 0 Å². The molecule has 0 saturated carbocycles. The highest BCUT2D eigenvalue weighted by molar-refractivity contribution is 4.83.